The minimum Gasteiger partial charge on any atom is -0.463 e. The Labute approximate surface area is 358 Å². The standard InChI is InChI=1S/C47H44Cl2N6O5/c1-44(2)32-10-6-8-12-38(32)54(46(44)20-18-28-22-30(50)14-16-40(28)59-46)26-42(56)51-36-24-35(49)37(25-34(36)48)52-43(57)27-55-39-13-9-7-11-33(39)45(3,4)47(55)21-19-29-23-31(53-58-5)15-17-41(29)60-47/h6-25,53H,26-27,50H2,1-5H3,(H,51,56)(H,52,57)/p+2. The zero-order chi connectivity index (χ0) is 42.2. The smallest absolute Gasteiger partial charge is 0.244 e. The molecule has 2 unspecified atom stereocenters. The van der Waals surface area contributed by atoms with E-state index in [1.54, 1.807) is 24.7 Å². The lowest BCUT2D eigenvalue weighted by atomic mass is 9.76. The Balaban J connectivity index is 0.944. The first-order valence-corrected chi connectivity index (χ1v) is 20.5. The summed E-state index contributed by atoms with van der Waals surface area (Å²) >= 11 is 13.7. The van der Waals surface area contributed by atoms with Crippen molar-refractivity contribution < 1.29 is 35.1 Å². The monoisotopic (exact) mass is 844 g/mol. The van der Waals surface area contributed by atoms with Gasteiger partial charge in [-0.15, -0.1) is 0 Å². The average molecular weight is 846 g/mol. The first-order valence-electron chi connectivity index (χ1n) is 19.7. The van der Waals surface area contributed by atoms with Crippen LogP contribution in [0.15, 0.2) is 109 Å². The molecule has 0 saturated carbocycles. The molecule has 60 heavy (non-hydrogen) atoms. The molecule has 7 N–H and O–H groups in total. The maximum Gasteiger partial charge on any atom is 0.244 e. The Morgan fingerprint density at radius 1 is 0.683 bits per heavy atom. The van der Waals surface area contributed by atoms with Gasteiger partial charge in [-0.05, 0) is 99.5 Å². The van der Waals surface area contributed by atoms with E-state index >= 15 is 0 Å². The number of fused-ring (bicyclic) bond motifs is 4. The fourth-order valence-corrected chi connectivity index (χ4v) is 9.72. The fraction of sp³-hybridized carbons (Fsp3) is 0.234. The third-order valence-electron chi connectivity index (χ3n) is 12.4. The van der Waals surface area contributed by atoms with E-state index in [-0.39, 0.29) is 34.9 Å². The minimum absolute atomic E-state index is 0.0524. The number of quaternary nitrogens is 2. The number of nitrogens with two attached hydrogens (primary N) is 1. The number of amides is 2. The van der Waals surface area contributed by atoms with Gasteiger partial charge in [-0.1, -0.05) is 59.6 Å². The van der Waals surface area contributed by atoms with Gasteiger partial charge in [0.2, 0.25) is 23.3 Å². The molecule has 4 heterocycles. The maximum atomic E-state index is 14.0. The maximum absolute atomic E-state index is 14.0. The molecular formula is C47H46Cl2N6O5+2. The van der Waals surface area contributed by atoms with Crippen LogP contribution in [0.1, 0.15) is 49.9 Å². The molecule has 0 aromatic heterocycles. The molecule has 5 aromatic rings. The Hall–Kier alpha value is -5.82. The highest BCUT2D eigenvalue weighted by Crippen LogP contribution is 2.56. The largest absolute Gasteiger partial charge is 0.463 e. The lowest BCUT2D eigenvalue weighted by Crippen LogP contribution is -2.75. The fourth-order valence-electron chi connectivity index (χ4n) is 9.30. The predicted molar refractivity (Wildman–Crippen MR) is 236 cm³/mol. The van der Waals surface area contributed by atoms with Crippen molar-refractivity contribution in [2.24, 2.45) is 0 Å². The summed E-state index contributed by atoms with van der Waals surface area (Å²) < 4.78 is 13.8. The number of nitrogens with zero attached hydrogens (tertiary/aromatic N) is 2. The van der Waals surface area contributed by atoms with Gasteiger partial charge in [0.15, 0.2) is 5.69 Å². The van der Waals surface area contributed by atoms with E-state index in [0.717, 1.165) is 45.0 Å². The van der Waals surface area contributed by atoms with Gasteiger partial charge in [0.25, 0.3) is 0 Å². The zero-order valence-electron chi connectivity index (χ0n) is 33.9. The number of hydrogen-bond donors (Lipinski definition) is 4. The number of nitrogens with one attached hydrogen (secondary N) is 2. The van der Waals surface area contributed by atoms with Crippen LogP contribution in [0.2, 0.25) is 10.0 Å². The van der Waals surface area contributed by atoms with Crippen molar-refractivity contribution in [1.29, 1.82) is 0 Å². The summed E-state index contributed by atoms with van der Waals surface area (Å²) in [6, 6.07) is 30.8. The van der Waals surface area contributed by atoms with E-state index in [1.165, 1.54) is 0 Å². The Kier molecular flexibility index (Phi) is 9.53. The number of para-hydroxylation sites is 2. The topological polar surface area (TPSA) is 137 Å². The molecule has 9 rings (SSSR count). The molecule has 4 aliphatic heterocycles. The van der Waals surface area contributed by atoms with Crippen molar-refractivity contribution in [2.75, 3.05) is 40.6 Å². The normalized spacial score (nSPS) is 20.9. The first-order chi connectivity index (χ1) is 28.7. The predicted octanol–water partition coefficient (Wildman–Crippen LogP) is 7.70. The molecule has 2 amide bonds. The zero-order valence-corrected chi connectivity index (χ0v) is 35.4. The van der Waals surface area contributed by atoms with Crippen LogP contribution in [-0.2, 0) is 25.3 Å². The van der Waals surface area contributed by atoms with Gasteiger partial charge >= 0.3 is 0 Å². The molecule has 306 valence electrons. The highest BCUT2D eigenvalue weighted by molar-refractivity contribution is 6.38. The van der Waals surface area contributed by atoms with Crippen molar-refractivity contribution in [2.45, 2.75) is 50.0 Å². The summed E-state index contributed by atoms with van der Waals surface area (Å²) in [6.45, 7) is 8.37. The van der Waals surface area contributed by atoms with Crippen LogP contribution >= 0.6 is 23.2 Å². The Morgan fingerprint density at radius 2 is 1.15 bits per heavy atom. The van der Waals surface area contributed by atoms with Crippen LogP contribution in [0.5, 0.6) is 11.5 Å². The molecule has 0 aliphatic carbocycles. The number of carbonyl (C=O) groups excluding carboxylic acids is 2. The van der Waals surface area contributed by atoms with Gasteiger partial charge in [0.05, 0.1) is 39.4 Å². The number of hydrogen-bond acceptors (Lipinski definition) is 7. The molecule has 13 heteroatoms. The van der Waals surface area contributed by atoms with Crippen molar-refractivity contribution in [3.05, 3.63) is 142 Å². The summed E-state index contributed by atoms with van der Waals surface area (Å²) in [5.41, 5.74) is 10.7. The minimum atomic E-state index is -1.02. The van der Waals surface area contributed by atoms with Gasteiger partial charge in [-0.2, -0.15) is 5.48 Å². The van der Waals surface area contributed by atoms with Gasteiger partial charge in [-0.3, -0.25) is 9.59 Å². The molecule has 2 atom stereocenters. The van der Waals surface area contributed by atoms with E-state index in [4.69, 9.17) is 37.5 Å². The molecule has 5 aromatic carbocycles. The van der Waals surface area contributed by atoms with E-state index in [2.05, 4.69) is 56.2 Å². The summed E-state index contributed by atoms with van der Waals surface area (Å²) in [5.74, 6) is 0.736. The van der Waals surface area contributed by atoms with Crippen LogP contribution in [0.25, 0.3) is 12.2 Å². The van der Waals surface area contributed by atoms with Crippen LogP contribution in [0.4, 0.5) is 34.1 Å². The van der Waals surface area contributed by atoms with Crippen LogP contribution in [-0.4, -0.2) is 43.5 Å². The second-order valence-electron chi connectivity index (χ2n) is 16.7. The van der Waals surface area contributed by atoms with Crippen molar-refractivity contribution in [1.82, 2.24) is 0 Å². The second-order valence-corrected chi connectivity index (χ2v) is 17.5. The molecule has 11 nitrogen and oxygen atoms in total. The number of halogens is 2. The first kappa shape index (κ1) is 39.6. The van der Waals surface area contributed by atoms with Crippen molar-refractivity contribution in [3.63, 3.8) is 0 Å². The molecule has 0 fully saturated rings. The molecule has 0 bridgehead atoms. The SMILES string of the molecule is CO[NH2+]c1ccc2c(c1)C=CC1(O2)N(CC(=O)Nc2cc(Cl)c(NC(=O)CN3c4ccccc4C(C)(C)C34C=Cc3cc([NH3+])ccc3O4)cc2Cl)c2ccccc2C1(C)C. The number of benzene rings is 5. The molecule has 2 spiro atoms. The Morgan fingerprint density at radius 3 is 1.65 bits per heavy atom. The number of rotatable bonds is 8. The summed E-state index contributed by atoms with van der Waals surface area (Å²) in [7, 11) is 1.61. The van der Waals surface area contributed by atoms with Gasteiger partial charge in [0.1, 0.15) is 30.3 Å². The van der Waals surface area contributed by atoms with E-state index < -0.39 is 22.3 Å². The third-order valence-corrected chi connectivity index (χ3v) is 13.0. The van der Waals surface area contributed by atoms with Crippen LogP contribution in [0, 0.1) is 0 Å². The van der Waals surface area contributed by atoms with Crippen molar-refractivity contribution >= 4 is 81.3 Å². The number of anilines is 4. The molecule has 0 radical (unpaired) electrons. The highest BCUT2D eigenvalue weighted by Gasteiger charge is 2.60. The summed E-state index contributed by atoms with van der Waals surface area (Å²) in [4.78, 5) is 37.3. The average Bonchev–Trinajstić information content (AvgIpc) is 3.50. The molecular weight excluding hydrogens is 799 g/mol. The van der Waals surface area contributed by atoms with E-state index in [0.29, 0.717) is 22.9 Å². The molecule has 0 saturated heterocycles. The Bertz CT molecular complexity index is 2660. The lowest BCUT2D eigenvalue weighted by molar-refractivity contribution is -0.830. The van der Waals surface area contributed by atoms with E-state index in [1.807, 2.05) is 107 Å². The summed E-state index contributed by atoms with van der Waals surface area (Å²) in [5, 5.41) is 6.34. The highest BCUT2D eigenvalue weighted by atomic mass is 35.5. The third kappa shape index (κ3) is 6.14. The lowest BCUT2D eigenvalue weighted by Gasteiger charge is -2.46. The van der Waals surface area contributed by atoms with Crippen LogP contribution < -0.4 is 41.1 Å². The van der Waals surface area contributed by atoms with E-state index in [9.17, 15) is 9.59 Å². The van der Waals surface area contributed by atoms with Gasteiger partial charge in [0, 0.05) is 46.8 Å². The van der Waals surface area contributed by atoms with Crippen LogP contribution in [0.3, 0.4) is 0 Å². The molecule has 4 aliphatic rings. The number of carbonyl (C=O) groups is 2. The summed E-state index contributed by atoms with van der Waals surface area (Å²) in [6.07, 6.45) is 8.13. The quantitative estimate of drug-likeness (QED) is 0.0929. The number of ether oxygens (including phenoxy) is 2. The van der Waals surface area contributed by atoms with Gasteiger partial charge < -0.3 is 35.6 Å². The van der Waals surface area contributed by atoms with Crippen molar-refractivity contribution in [3.8, 4) is 11.5 Å². The van der Waals surface area contributed by atoms with Gasteiger partial charge in [-0.25, -0.2) is 4.84 Å². The second kappa shape index (κ2) is 14.4.